The van der Waals surface area contributed by atoms with E-state index < -0.39 is 41.4 Å². The molecule has 0 spiro atoms. The first-order valence-electron chi connectivity index (χ1n) is 11.6. The number of aromatic nitrogens is 3. The first kappa shape index (κ1) is 27.5. The van der Waals surface area contributed by atoms with Crippen LogP contribution in [-0.4, -0.2) is 88.4 Å². The molecule has 1 fully saturated rings. The van der Waals surface area contributed by atoms with E-state index in [-0.39, 0.29) is 40.3 Å². The van der Waals surface area contributed by atoms with E-state index in [1.165, 1.54) is 42.4 Å². The lowest BCUT2D eigenvalue weighted by Crippen LogP contribution is -2.70. The molecule has 3 heterocycles. The third-order valence-corrected chi connectivity index (χ3v) is 8.04. The van der Waals surface area contributed by atoms with Crippen LogP contribution in [0.2, 0.25) is 0 Å². The lowest BCUT2D eigenvalue weighted by Gasteiger charge is -2.49. The lowest BCUT2D eigenvalue weighted by molar-refractivity contribution is -0.151. The van der Waals surface area contributed by atoms with Gasteiger partial charge in [-0.1, -0.05) is 37.2 Å². The van der Waals surface area contributed by atoms with Crippen LogP contribution in [0, 0.1) is 0 Å². The summed E-state index contributed by atoms with van der Waals surface area (Å²) in [6, 6.07) is 4.40. The van der Waals surface area contributed by atoms with Gasteiger partial charge in [0, 0.05) is 11.5 Å². The molecule has 0 bridgehead atoms. The zero-order chi connectivity index (χ0) is 27.4. The third-order valence-electron chi connectivity index (χ3n) is 5.76. The highest BCUT2D eigenvalue weighted by Gasteiger charge is 2.54. The zero-order valence-corrected chi connectivity index (χ0v) is 21.8. The summed E-state index contributed by atoms with van der Waals surface area (Å²) in [5, 5.41) is 35.7. The van der Waals surface area contributed by atoms with E-state index >= 15 is 0 Å². The molecule has 3 atom stereocenters. The number of rotatable bonds is 10. The molecular weight excluding hydrogens is 538 g/mol. The topological polar surface area (TPSA) is 184 Å². The maximum Gasteiger partial charge on any atom is 0.436 e. The number of phenols is 1. The van der Waals surface area contributed by atoms with Gasteiger partial charge in [0.15, 0.2) is 6.10 Å². The van der Waals surface area contributed by atoms with Crippen molar-refractivity contribution in [2.24, 2.45) is 0 Å². The van der Waals surface area contributed by atoms with Crippen molar-refractivity contribution in [2.75, 3.05) is 18.1 Å². The van der Waals surface area contributed by atoms with Gasteiger partial charge in [-0.25, -0.2) is 14.6 Å². The molecule has 3 unspecified atom stereocenters. The van der Waals surface area contributed by atoms with Crippen LogP contribution in [-0.2, 0) is 19.1 Å². The molecule has 202 valence electrons. The minimum absolute atomic E-state index is 0.0271. The number of aliphatic hydroxyl groups is 1. The van der Waals surface area contributed by atoms with Gasteiger partial charge in [-0.15, -0.1) is 16.9 Å². The predicted molar refractivity (Wildman–Crippen MR) is 135 cm³/mol. The van der Waals surface area contributed by atoms with Crippen molar-refractivity contribution in [3.63, 3.8) is 0 Å². The molecule has 2 aliphatic heterocycles. The number of carbonyl (C=O) groups excluding carboxylic acids is 3. The number of thioether (sulfide) groups is 2. The fraction of sp³-hybridized carbons (Fsp3) is 0.391. The number of carboxylic acids is 1. The average Bonchev–Trinajstić information content (AvgIpc) is 3.39. The van der Waals surface area contributed by atoms with Gasteiger partial charge in [0.05, 0.1) is 6.61 Å². The Morgan fingerprint density at radius 1 is 1.29 bits per heavy atom. The minimum Gasteiger partial charge on any atom is -0.508 e. The Morgan fingerprint density at radius 2 is 2.03 bits per heavy atom. The molecule has 1 saturated heterocycles. The Balaban J connectivity index is 1.38. The standard InChI is InChI=1S/C23H25N5O8S2/c1-2-3-8-36-23(35)27-11-24-22(26-27)38-10-13-9-37-20-15(19(32)28(20)16(13)21(33)34)25-18(31)17(30)12-4-6-14(29)7-5-12/h4-7,11,15,17,20,29-30H,2-3,8-10H2,1H3,(H,25,31)(H,33,34). The number of aliphatic carboxylic acids is 1. The number of fused-ring (bicyclic) bond motifs is 1. The summed E-state index contributed by atoms with van der Waals surface area (Å²) < 4.78 is 6.04. The maximum absolute atomic E-state index is 12.9. The second kappa shape index (κ2) is 11.9. The highest BCUT2D eigenvalue weighted by Crippen LogP contribution is 2.41. The average molecular weight is 564 g/mol. The van der Waals surface area contributed by atoms with Crippen molar-refractivity contribution in [3.05, 3.63) is 47.4 Å². The number of ether oxygens (including phenoxy) is 1. The van der Waals surface area contributed by atoms with Gasteiger partial charge in [-0.2, -0.15) is 4.68 Å². The molecule has 13 nitrogen and oxygen atoms in total. The van der Waals surface area contributed by atoms with Gasteiger partial charge < -0.3 is 25.4 Å². The Bertz CT molecular complexity index is 1260. The SMILES string of the molecule is CCCCOC(=O)n1cnc(SCC2=C(C(=O)O)N3C(=O)C(NC(=O)C(O)c4ccc(O)cc4)C3SC2)n1. The molecule has 4 N–H and O–H groups in total. The number of nitrogens with zero attached hydrogens (tertiary/aromatic N) is 4. The largest absolute Gasteiger partial charge is 0.508 e. The number of unbranched alkanes of at least 4 members (excludes halogenated alkanes) is 1. The van der Waals surface area contributed by atoms with E-state index in [0.717, 1.165) is 34.2 Å². The lowest BCUT2D eigenvalue weighted by atomic mass is 10.0. The summed E-state index contributed by atoms with van der Waals surface area (Å²) in [6.45, 7) is 2.24. The predicted octanol–water partition coefficient (Wildman–Crippen LogP) is 1.33. The molecule has 38 heavy (non-hydrogen) atoms. The highest BCUT2D eigenvalue weighted by atomic mass is 32.2. The number of β-lactam (4-membered cyclic amide) rings is 1. The van der Waals surface area contributed by atoms with Gasteiger partial charge in [0.2, 0.25) is 5.16 Å². The number of hydrogen-bond donors (Lipinski definition) is 4. The molecule has 4 rings (SSSR count). The van der Waals surface area contributed by atoms with Crippen LogP contribution in [0.15, 0.2) is 47.0 Å². The Morgan fingerprint density at radius 3 is 2.71 bits per heavy atom. The van der Waals surface area contributed by atoms with Gasteiger partial charge >= 0.3 is 12.1 Å². The van der Waals surface area contributed by atoms with Crippen molar-refractivity contribution < 1.29 is 39.2 Å². The van der Waals surface area contributed by atoms with Crippen molar-refractivity contribution in [1.82, 2.24) is 25.0 Å². The van der Waals surface area contributed by atoms with E-state index in [4.69, 9.17) is 4.74 Å². The molecule has 0 aliphatic carbocycles. The van der Waals surface area contributed by atoms with Crippen LogP contribution in [0.5, 0.6) is 5.75 Å². The number of nitrogens with one attached hydrogen (secondary N) is 1. The number of hydrogen-bond acceptors (Lipinski definition) is 11. The van der Waals surface area contributed by atoms with Crippen molar-refractivity contribution in [1.29, 1.82) is 0 Å². The number of aliphatic hydroxyl groups excluding tert-OH is 1. The van der Waals surface area contributed by atoms with Gasteiger partial charge in [0.25, 0.3) is 11.8 Å². The highest BCUT2D eigenvalue weighted by molar-refractivity contribution is 8.01. The number of phenolic OH excluding ortho intramolecular Hbond substituents is 1. The number of benzene rings is 1. The summed E-state index contributed by atoms with van der Waals surface area (Å²) in [4.78, 5) is 54.6. The maximum atomic E-state index is 12.9. The quantitative estimate of drug-likeness (QED) is 0.185. The second-order valence-corrected chi connectivity index (χ2v) is 10.4. The molecular formula is C23H25N5O8S2. The smallest absolute Gasteiger partial charge is 0.436 e. The molecule has 0 radical (unpaired) electrons. The van der Waals surface area contributed by atoms with Crippen LogP contribution in [0.3, 0.4) is 0 Å². The van der Waals surface area contributed by atoms with Gasteiger partial charge in [0.1, 0.15) is 29.2 Å². The molecule has 15 heteroatoms. The fourth-order valence-corrected chi connectivity index (χ4v) is 6.04. The van der Waals surface area contributed by atoms with Crippen LogP contribution < -0.4 is 5.32 Å². The fourth-order valence-electron chi connectivity index (χ4n) is 3.76. The van der Waals surface area contributed by atoms with Crippen molar-refractivity contribution in [3.8, 4) is 5.75 Å². The first-order chi connectivity index (χ1) is 18.2. The van der Waals surface area contributed by atoms with Crippen molar-refractivity contribution in [2.45, 2.75) is 42.4 Å². The molecule has 2 amide bonds. The Hall–Kier alpha value is -3.56. The van der Waals surface area contributed by atoms with Crippen LogP contribution in [0.4, 0.5) is 4.79 Å². The van der Waals surface area contributed by atoms with E-state index in [1.807, 2.05) is 6.92 Å². The number of amides is 2. The summed E-state index contributed by atoms with van der Waals surface area (Å²) in [7, 11) is 0. The van der Waals surface area contributed by atoms with E-state index in [0.29, 0.717) is 5.57 Å². The second-order valence-electron chi connectivity index (χ2n) is 8.38. The summed E-state index contributed by atoms with van der Waals surface area (Å²) >= 11 is 2.40. The van der Waals surface area contributed by atoms with Crippen LogP contribution in [0.1, 0.15) is 31.4 Å². The van der Waals surface area contributed by atoms with Crippen molar-refractivity contribution >= 4 is 47.4 Å². The van der Waals surface area contributed by atoms with Crippen LogP contribution >= 0.6 is 23.5 Å². The molecule has 1 aromatic heterocycles. The molecule has 2 aromatic rings. The number of carboxylic acid groups (broad SMARTS) is 1. The molecule has 2 aliphatic rings. The Kier molecular flexibility index (Phi) is 8.58. The van der Waals surface area contributed by atoms with E-state index in [1.54, 1.807) is 0 Å². The minimum atomic E-state index is -1.57. The van der Waals surface area contributed by atoms with E-state index in [2.05, 4.69) is 15.4 Å². The summed E-state index contributed by atoms with van der Waals surface area (Å²) in [5.74, 6) is -2.30. The third kappa shape index (κ3) is 5.79. The molecule has 1 aromatic carbocycles. The Labute approximate surface area is 225 Å². The van der Waals surface area contributed by atoms with Gasteiger partial charge in [-0.05, 0) is 29.7 Å². The first-order valence-corrected chi connectivity index (χ1v) is 13.6. The van der Waals surface area contributed by atoms with Crippen LogP contribution in [0.25, 0.3) is 0 Å². The molecule has 0 saturated carbocycles. The zero-order valence-electron chi connectivity index (χ0n) is 20.1. The summed E-state index contributed by atoms with van der Waals surface area (Å²) in [5.41, 5.74) is 0.526. The van der Waals surface area contributed by atoms with Gasteiger partial charge in [-0.3, -0.25) is 14.5 Å². The summed E-state index contributed by atoms with van der Waals surface area (Å²) in [6.07, 6.45) is 0.594. The van der Waals surface area contributed by atoms with E-state index in [9.17, 15) is 34.5 Å². The number of carbonyl (C=O) groups is 4. The monoisotopic (exact) mass is 563 g/mol. The number of aromatic hydroxyl groups is 1. The normalized spacial score (nSPS) is 19.4.